The Balaban J connectivity index is 2.53. The number of rotatable bonds is 3. The average Bonchev–Trinajstić information content (AvgIpc) is 2.46. The molecule has 18 heavy (non-hydrogen) atoms. The van der Waals surface area contributed by atoms with Crippen molar-refractivity contribution in [2.75, 3.05) is 14.2 Å². The zero-order valence-corrected chi connectivity index (χ0v) is 10.1. The summed E-state index contributed by atoms with van der Waals surface area (Å²) in [7, 11) is 2.86. The van der Waals surface area contributed by atoms with Gasteiger partial charge in [-0.05, 0) is 18.2 Å². The molecule has 2 heterocycles. The van der Waals surface area contributed by atoms with Gasteiger partial charge in [-0.1, -0.05) is 6.07 Å². The number of hydrogen-bond donors (Lipinski definition) is 0. The minimum absolute atomic E-state index is 0.237. The van der Waals surface area contributed by atoms with E-state index in [4.69, 9.17) is 9.47 Å². The van der Waals surface area contributed by atoms with Crippen molar-refractivity contribution in [3.63, 3.8) is 0 Å². The molecule has 5 nitrogen and oxygen atoms in total. The quantitative estimate of drug-likeness (QED) is 0.772. The summed E-state index contributed by atoms with van der Waals surface area (Å²) in [4.78, 5) is 19.9. The summed E-state index contributed by atoms with van der Waals surface area (Å²) in [5.74, 6) is -0.0117. The van der Waals surface area contributed by atoms with Crippen LogP contribution in [0.1, 0.15) is 10.5 Å². The van der Waals surface area contributed by atoms with Crippen molar-refractivity contribution in [1.29, 1.82) is 0 Å². The van der Waals surface area contributed by atoms with E-state index in [1.54, 1.807) is 30.3 Å². The van der Waals surface area contributed by atoms with Crippen LogP contribution in [0.25, 0.3) is 11.3 Å². The van der Waals surface area contributed by atoms with Crippen LogP contribution in [0, 0.1) is 0 Å². The third-order valence-electron chi connectivity index (χ3n) is 2.40. The van der Waals surface area contributed by atoms with Crippen molar-refractivity contribution in [1.82, 2.24) is 9.97 Å². The van der Waals surface area contributed by atoms with Crippen LogP contribution in [-0.2, 0) is 4.74 Å². The predicted octanol–water partition coefficient (Wildman–Crippen LogP) is 1.94. The van der Waals surface area contributed by atoms with Crippen LogP contribution in [0.15, 0.2) is 36.5 Å². The SMILES string of the molecule is COC(=O)c1ncccc1-c1cccc(OC)n1. The summed E-state index contributed by atoms with van der Waals surface area (Å²) < 4.78 is 9.75. The van der Waals surface area contributed by atoms with Gasteiger partial charge in [0.15, 0.2) is 5.69 Å². The van der Waals surface area contributed by atoms with Crippen LogP contribution in [0.2, 0.25) is 0 Å². The molecule has 0 saturated heterocycles. The second-order valence-electron chi connectivity index (χ2n) is 3.46. The number of nitrogens with zero attached hydrogens (tertiary/aromatic N) is 2. The largest absolute Gasteiger partial charge is 0.481 e. The molecule has 92 valence electrons. The van der Waals surface area contributed by atoms with Crippen LogP contribution in [0.3, 0.4) is 0 Å². The van der Waals surface area contributed by atoms with E-state index >= 15 is 0 Å². The molecule has 0 atom stereocenters. The van der Waals surface area contributed by atoms with E-state index in [0.717, 1.165) is 0 Å². The first kappa shape index (κ1) is 12.0. The Morgan fingerprint density at radius 3 is 2.72 bits per heavy atom. The second-order valence-corrected chi connectivity index (χ2v) is 3.46. The number of carbonyl (C=O) groups is 1. The average molecular weight is 244 g/mol. The molecule has 2 aromatic heterocycles. The Kier molecular flexibility index (Phi) is 3.52. The Hall–Kier alpha value is -2.43. The molecule has 0 unspecified atom stereocenters. The van der Waals surface area contributed by atoms with Crippen LogP contribution in [0.4, 0.5) is 0 Å². The standard InChI is InChI=1S/C13H12N2O3/c1-17-11-7-3-6-10(15-11)9-5-4-8-14-12(9)13(16)18-2/h3-8H,1-2H3. The summed E-state index contributed by atoms with van der Waals surface area (Å²) in [6.07, 6.45) is 1.54. The van der Waals surface area contributed by atoms with E-state index in [9.17, 15) is 4.79 Å². The number of methoxy groups -OCH3 is 2. The monoisotopic (exact) mass is 244 g/mol. The molecular formula is C13H12N2O3. The van der Waals surface area contributed by atoms with Crippen molar-refractivity contribution >= 4 is 5.97 Å². The van der Waals surface area contributed by atoms with Crippen LogP contribution in [0.5, 0.6) is 5.88 Å². The Morgan fingerprint density at radius 2 is 2.00 bits per heavy atom. The van der Waals surface area contributed by atoms with E-state index in [1.807, 2.05) is 0 Å². The summed E-state index contributed by atoms with van der Waals surface area (Å²) in [5.41, 5.74) is 1.46. The molecule has 0 fully saturated rings. The van der Waals surface area contributed by atoms with Crippen LogP contribution in [-0.4, -0.2) is 30.2 Å². The molecule has 0 radical (unpaired) electrons. The number of aromatic nitrogens is 2. The second kappa shape index (κ2) is 5.27. The topological polar surface area (TPSA) is 61.3 Å². The van der Waals surface area contributed by atoms with Crippen LogP contribution < -0.4 is 4.74 Å². The van der Waals surface area contributed by atoms with E-state index in [1.165, 1.54) is 20.4 Å². The number of hydrogen-bond acceptors (Lipinski definition) is 5. The van der Waals surface area contributed by atoms with E-state index < -0.39 is 5.97 Å². The fourth-order valence-electron chi connectivity index (χ4n) is 1.55. The van der Waals surface area contributed by atoms with Gasteiger partial charge >= 0.3 is 5.97 Å². The van der Waals surface area contributed by atoms with Gasteiger partial charge in [0, 0.05) is 17.8 Å². The smallest absolute Gasteiger partial charge is 0.357 e. The molecule has 5 heteroatoms. The zero-order valence-electron chi connectivity index (χ0n) is 10.1. The zero-order chi connectivity index (χ0) is 13.0. The highest BCUT2D eigenvalue weighted by molar-refractivity contribution is 5.94. The van der Waals surface area contributed by atoms with Gasteiger partial charge in [0.2, 0.25) is 5.88 Å². The van der Waals surface area contributed by atoms with Gasteiger partial charge in [-0.3, -0.25) is 0 Å². The maximum atomic E-state index is 11.6. The molecule has 2 rings (SSSR count). The molecule has 0 aliphatic heterocycles. The first-order valence-electron chi connectivity index (χ1n) is 5.31. The highest BCUT2D eigenvalue weighted by Gasteiger charge is 2.15. The van der Waals surface area contributed by atoms with E-state index in [2.05, 4.69) is 9.97 Å². The van der Waals surface area contributed by atoms with Crippen molar-refractivity contribution in [3.05, 3.63) is 42.2 Å². The molecule has 2 aromatic rings. The predicted molar refractivity (Wildman–Crippen MR) is 65.4 cm³/mol. The minimum atomic E-state index is -0.491. The van der Waals surface area contributed by atoms with E-state index in [0.29, 0.717) is 17.1 Å². The minimum Gasteiger partial charge on any atom is -0.481 e. The van der Waals surface area contributed by atoms with Crippen molar-refractivity contribution < 1.29 is 14.3 Å². The summed E-state index contributed by atoms with van der Waals surface area (Å²) in [6.45, 7) is 0. The normalized spacial score (nSPS) is 9.89. The van der Waals surface area contributed by atoms with Gasteiger partial charge in [0.05, 0.1) is 19.9 Å². The van der Waals surface area contributed by atoms with Crippen molar-refractivity contribution in [2.45, 2.75) is 0 Å². The van der Waals surface area contributed by atoms with Gasteiger partial charge in [0.1, 0.15) is 0 Å². The van der Waals surface area contributed by atoms with Crippen LogP contribution >= 0.6 is 0 Å². The molecule has 0 aliphatic rings. The Morgan fingerprint density at radius 1 is 1.17 bits per heavy atom. The molecule has 0 amide bonds. The lowest BCUT2D eigenvalue weighted by atomic mass is 10.1. The Bertz CT molecular complexity index is 570. The van der Waals surface area contributed by atoms with Gasteiger partial charge in [0.25, 0.3) is 0 Å². The van der Waals surface area contributed by atoms with Crippen molar-refractivity contribution in [2.24, 2.45) is 0 Å². The fraction of sp³-hybridized carbons (Fsp3) is 0.154. The van der Waals surface area contributed by atoms with E-state index in [-0.39, 0.29) is 5.69 Å². The van der Waals surface area contributed by atoms with Gasteiger partial charge in [-0.25, -0.2) is 14.8 Å². The summed E-state index contributed by atoms with van der Waals surface area (Å²) >= 11 is 0. The first-order valence-corrected chi connectivity index (χ1v) is 5.31. The summed E-state index contributed by atoms with van der Waals surface area (Å²) in [6, 6.07) is 8.82. The first-order chi connectivity index (χ1) is 8.76. The number of pyridine rings is 2. The number of ether oxygens (including phenoxy) is 2. The molecule has 0 aliphatic carbocycles. The molecule has 0 bridgehead atoms. The lowest BCUT2D eigenvalue weighted by molar-refractivity contribution is 0.0595. The lowest BCUT2D eigenvalue weighted by Gasteiger charge is -2.07. The van der Waals surface area contributed by atoms with Crippen molar-refractivity contribution in [3.8, 4) is 17.1 Å². The molecule has 0 spiro atoms. The van der Waals surface area contributed by atoms with Gasteiger partial charge in [-0.15, -0.1) is 0 Å². The third-order valence-corrected chi connectivity index (χ3v) is 2.40. The number of esters is 1. The van der Waals surface area contributed by atoms with Gasteiger partial charge in [-0.2, -0.15) is 0 Å². The maximum Gasteiger partial charge on any atom is 0.357 e. The highest BCUT2D eigenvalue weighted by Crippen LogP contribution is 2.22. The number of carbonyl (C=O) groups excluding carboxylic acids is 1. The molecule has 0 N–H and O–H groups in total. The molecule has 0 saturated carbocycles. The third kappa shape index (κ3) is 2.29. The van der Waals surface area contributed by atoms with Gasteiger partial charge < -0.3 is 9.47 Å². The molecule has 0 aromatic carbocycles. The maximum absolute atomic E-state index is 11.6. The fourth-order valence-corrected chi connectivity index (χ4v) is 1.55. The molecular weight excluding hydrogens is 232 g/mol. The Labute approximate surface area is 104 Å². The lowest BCUT2D eigenvalue weighted by Crippen LogP contribution is -2.06. The summed E-state index contributed by atoms with van der Waals surface area (Å²) in [5, 5.41) is 0. The highest BCUT2D eigenvalue weighted by atomic mass is 16.5.